The minimum Gasteiger partial charge on any atom is -0.394 e. The van der Waals surface area contributed by atoms with E-state index in [1.807, 2.05) is 6.92 Å². The van der Waals surface area contributed by atoms with E-state index >= 15 is 0 Å². The van der Waals surface area contributed by atoms with E-state index in [-0.39, 0.29) is 5.69 Å². The molecular weight excluding hydrogens is 257 g/mol. The van der Waals surface area contributed by atoms with Gasteiger partial charge in [0.15, 0.2) is 23.3 Å². The van der Waals surface area contributed by atoms with Gasteiger partial charge in [0, 0.05) is 24.4 Å². The van der Waals surface area contributed by atoms with Crippen LogP contribution in [0.15, 0.2) is 12.1 Å². The third-order valence-corrected chi connectivity index (χ3v) is 2.72. The van der Waals surface area contributed by atoms with Crippen LogP contribution in [0.4, 0.5) is 30.4 Å². The Bertz CT molecular complexity index is 599. The van der Waals surface area contributed by atoms with Crippen LogP contribution < -0.4 is 11.1 Å². The van der Waals surface area contributed by atoms with E-state index in [9.17, 15) is 13.2 Å². The number of halogens is 3. The lowest BCUT2D eigenvalue weighted by molar-refractivity contribution is 0.448. The topological polar surface area (TPSA) is 55.9 Å². The van der Waals surface area contributed by atoms with Crippen molar-refractivity contribution in [1.82, 2.24) is 9.78 Å². The Morgan fingerprint density at radius 3 is 2.37 bits per heavy atom. The normalized spacial score (nSPS) is 10.8. The molecule has 7 heteroatoms. The number of hydrogen-bond donors (Lipinski definition) is 2. The fourth-order valence-corrected chi connectivity index (χ4v) is 1.72. The van der Waals surface area contributed by atoms with E-state index in [0.29, 0.717) is 23.7 Å². The molecule has 3 N–H and O–H groups in total. The zero-order chi connectivity index (χ0) is 14.2. The molecule has 2 aromatic rings. The molecule has 102 valence electrons. The van der Waals surface area contributed by atoms with Crippen LogP contribution >= 0.6 is 0 Å². The number of nitrogens with one attached hydrogen (secondary N) is 1. The second-order valence-electron chi connectivity index (χ2n) is 4.04. The molecule has 0 saturated heterocycles. The molecule has 0 aliphatic carbocycles. The van der Waals surface area contributed by atoms with Gasteiger partial charge in [-0.05, 0) is 13.8 Å². The second-order valence-corrected chi connectivity index (χ2v) is 4.04. The number of hydrogen-bond acceptors (Lipinski definition) is 3. The van der Waals surface area contributed by atoms with Gasteiger partial charge in [0.05, 0.1) is 11.4 Å². The van der Waals surface area contributed by atoms with Crippen LogP contribution in [-0.4, -0.2) is 9.78 Å². The summed E-state index contributed by atoms with van der Waals surface area (Å²) in [5, 5.41) is 6.91. The van der Waals surface area contributed by atoms with Gasteiger partial charge in [0.2, 0.25) is 0 Å². The molecule has 19 heavy (non-hydrogen) atoms. The summed E-state index contributed by atoms with van der Waals surface area (Å²) in [6.45, 7) is 4.11. The fourth-order valence-electron chi connectivity index (χ4n) is 1.72. The van der Waals surface area contributed by atoms with E-state index in [1.54, 1.807) is 11.6 Å². The molecule has 1 heterocycles. The maximum Gasteiger partial charge on any atom is 0.194 e. The standard InChI is InChI=1S/C12H13F3N4/c1-3-19-12(11(16)6(2)18-19)17-7-4-8(13)10(15)9(14)5-7/h4-5,17H,3,16H2,1-2H3. The summed E-state index contributed by atoms with van der Waals surface area (Å²) in [5.41, 5.74) is 6.88. The Morgan fingerprint density at radius 1 is 1.26 bits per heavy atom. The molecular formula is C12H13F3N4. The van der Waals surface area contributed by atoms with Gasteiger partial charge in [0.25, 0.3) is 0 Å². The Morgan fingerprint density at radius 2 is 1.84 bits per heavy atom. The molecule has 2 rings (SSSR count). The van der Waals surface area contributed by atoms with Crippen LogP contribution in [0.25, 0.3) is 0 Å². The van der Waals surface area contributed by atoms with Crippen LogP contribution in [0.3, 0.4) is 0 Å². The van der Waals surface area contributed by atoms with E-state index < -0.39 is 17.5 Å². The highest BCUT2D eigenvalue weighted by molar-refractivity contribution is 5.71. The number of nitrogen functional groups attached to an aromatic ring is 1. The molecule has 0 bridgehead atoms. The van der Waals surface area contributed by atoms with Gasteiger partial charge in [-0.1, -0.05) is 0 Å². The first-order chi connectivity index (χ1) is 8.93. The van der Waals surface area contributed by atoms with Crippen molar-refractivity contribution in [1.29, 1.82) is 0 Å². The largest absolute Gasteiger partial charge is 0.394 e. The van der Waals surface area contributed by atoms with E-state index in [4.69, 9.17) is 5.73 Å². The second kappa shape index (κ2) is 4.83. The van der Waals surface area contributed by atoms with E-state index in [1.165, 1.54) is 0 Å². The van der Waals surface area contributed by atoms with Gasteiger partial charge in [-0.25, -0.2) is 17.9 Å². The van der Waals surface area contributed by atoms with Gasteiger partial charge >= 0.3 is 0 Å². The highest BCUT2D eigenvalue weighted by atomic mass is 19.2. The predicted octanol–water partition coefficient (Wildman–Crippen LogP) is 2.95. The summed E-state index contributed by atoms with van der Waals surface area (Å²) in [5.74, 6) is -3.61. The minimum atomic E-state index is -1.50. The molecule has 0 aliphatic heterocycles. The molecule has 1 aromatic carbocycles. The van der Waals surface area contributed by atoms with Crippen molar-refractivity contribution in [3.05, 3.63) is 35.3 Å². The number of nitrogens with two attached hydrogens (primary N) is 1. The number of benzene rings is 1. The summed E-state index contributed by atoms with van der Waals surface area (Å²) < 4.78 is 40.7. The Balaban J connectivity index is 2.41. The van der Waals surface area contributed by atoms with Gasteiger partial charge in [-0.3, -0.25) is 0 Å². The van der Waals surface area contributed by atoms with Gasteiger partial charge in [0.1, 0.15) is 0 Å². The summed E-state index contributed by atoms with van der Waals surface area (Å²) in [7, 11) is 0. The highest BCUT2D eigenvalue weighted by Crippen LogP contribution is 2.27. The fraction of sp³-hybridized carbons (Fsp3) is 0.250. The first-order valence-corrected chi connectivity index (χ1v) is 5.68. The number of anilines is 3. The maximum atomic E-state index is 13.1. The van der Waals surface area contributed by atoms with Crippen LogP contribution in [0, 0.1) is 24.4 Å². The SMILES string of the molecule is CCn1nc(C)c(N)c1Nc1cc(F)c(F)c(F)c1. The van der Waals surface area contributed by atoms with Crippen molar-refractivity contribution >= 4 is 17.2 Å². The van der Waals surface area contributed by atoms with Crippen LogP contribution in [0.1, 0.15) is 12.6 Å². The summed E-state index contributed by atoms with van der Waals surface area (Å²) in [4.78, 5) is 0. The Kier molecular flexibility index (Phi) is 3.37. The zero-order valence-corrected chi connectivity index (χ0v) is 10.5. The average Bonchev–Trinajstić information content (AvgIpc) is 2.63. The van der Waals surface area contributed by atoms with Gasteiger partial charge in [-0.2, -0.15) is 5.10 Å². The van der Waals surface area contributed by atoms with Crippen molar-refractivity contribution in [3.63, 3.8) is 0 Å². The van der Waals surface area contributed by atoms with E-state index in [2.05, 4.69) is 10.4 Å². The van der Waals surface area contributed by atoms with Crippen LogP contribution in [-0.2, 0) is 6.54 Å². The average molecular weight is 270 g/mol. The van der Waals surface area contributed by atoms with Crippen LogP contribution in [0.2, 0.25) is 0 Å². The monoisotopic (exact) mass is 270 g/mol. The van der Waals surface area contributed by atoms with Crippen molar-refractivity contribution in [2.24, 2.45) is 0 Å². The zero-order valence-electron chi connectivity index (χ0n) is 10.5. The maximum absolute atomic E-state index is 13.1. The smallest absolute Gasteiger partial charge is 0.194 e. The molecule has 0 fully saturated rings. The molecule has 0 atom stereocenters. The molecule has 0 spiro atoms. The van der Waals surface area contributed by atoms with Crippen molar-refractivity contribution < 1.29 is 13.2 Å². The third kappa shape index (κ3) is 2.35. The number of aryl methyl sites for hydroxylation is 2. The first-order valence-electron chi connectivity index (χ1n) is 5.68. The molecule has 1 aromatic heterocycles. The summed E-state index contributed by atoms with van der Waals surface area (Å²) >= 11 is 0. The number of aromatic nitrogens is 2. The lowest BCUT2D eigenvalue weighted by atomic mass is 10.2. The van der Waals surface area contributed by atoms with E-state index in [0.717, 1.165) is 12.1 Å². The summed E-state index contributed by atoms with van der Waals surface area (Å²) in [6.07, 6.45) is 0. The van der Waals surface area contributed by atoms with Crippen LogP contribution in [0.5, 0.6) is 0 Å². The Labute approximate surface area is 108 Å². The molecule has 4 nitrogen and oxygen atoms in total. The molecule has 0 saturated carbocycles. The summed E-state index contributed by atoms with van der Waals surface area (Å²) in [6, 6.07) is 1.72. The number of rotatable bonds is 3. The lowest BCUT2D eigenvalue weighted by Gasteiger charge is -2.10. The van der Waals surface area contributed by atoms with Gasteiger partial charge < -0.3 is 11.1 Å². The highest BCUT2D eigenvalue weighted by Gasteiger charge is 2.15. The van der Waals surface area contributed by atoms with Crippen molar-refractivity contribution in [2.45, 2.75) is 20.4 Å². The predicted molar refractivity (Wildman–Crippen MR) is 66.6 cm³/mol. The van der Waals surface area contributed by atoms with Crippen molar-refractivity contribution in [2.75, 3.05) is 11.1 Å². The van der Waals surface area contributed by atoms with Crippen molar-refractivity contribution in [3.8, 4) is 0 Å². The van der Waals surface area contributed by atoms with Gasteiger partial charge in [-0.15, -0.1) is 0 Å². The molecule has 0 amide bonds. The lowest BCUT2D eigenvalue weighted by Crippen LogP contribution is -2.05. The Hall–Kier alpha value is -2.18. The molecule has 0 aliphatic rings. The molecule has 0 radical (unpaired) electrons. The minimum absolute atomic E-state index is 0.0673. The quantitative estimate of drug-likeness (QED) is 0.843. The molecule has 0 unspecified atom stereocenters. The first kappa shape index (κ1) is 13.3. The number of nitrogens with zero attached hydrogens (tertiary/aromatic N) is 2. The third-order valence-electron chi connectivity index (χ3n) is 2.72.